The summed E-state index contributed by atoms with van der Waals surface area (Å²) in [7, 11) is -2.01. The summed E-state index contributed by atoms with van der Waals surface area (Å²) < 4.78 is 34.2. The predicted octanol–water partition coefficient (Wildman–Crippen LogP) is 4.27. The summed E-state index contributed by atoms with van der Waals surface area (Å²) in [6.45, 7) is 13.1. The van der Waals surface area contributed by atoms with Crippen molar-refractivity contribution in [3.8, 4) is 0 Å². The second kappa shape index (κ2) is 7.58. The molecule has 1 unspecified atom stereocenters. The molecular formula is C23H36N2O5SSi. The average Bonchev–Trinajstić information content (AvgIpc) is 3.10. The van der Waals surface area contributed by atoms with E-state index in [4.69, 9.17) is 35.6 Å². The SMILES string of the molecule is CC(C)(C)[Si](C)(C)O[C@H]1CCC2C3(CCC[C@@]24O[C@]14COC(=S)n1ccnc1)OCCO3. The number of epoxide rings is 1. The van der Waals surface area contributed by atoms with Gasteiger partial charge in [0.15, 0.2) is 19.7 Å². The largest absolute Gasteiger partial charge is 0.467 e. The number of thiocarbonyl (C=S) groups is 1. The monoisotopic (exact) mass is 480 g/mol. The van der Waals surface area contributed by atoms with Gasteiger partial charge in [-0.1, -0.05) is 20.8 Å². The Morgan fingerprint density at radius 2 is 1.97 bits per heavy atom. The standard InChI is InChI=1S/C23H36N2O5SSi/c1-20(2,3)32(4,5)29-18-8-7-17-21(9-6-10-23(17)27-13-14-28-23)22(18,30-21)15-26-19(31)25-12-11-24-16-25/h11-12,16-18H,6-10,13-15H2,1-5H3/t17?,18-,21+,22+/m0/s1. The molecule has 0 N–H and O–H groups in total. The lowest BCUT2D eigenvalue weighted by molar-refractivity contribution is -0.235. The molecule has 2 saturated heterocycles. The normalized spacial score (nSPS) is 35.9. The zero-order valence-electron chi connectivity index (χ0n) is 19.9. The molecule has 32 heavy (non-hydrogen) atoms. The summed E-state index contributed by atoms with van der Waals surface area (Å²) in [5.41, 5.74) is -0.871. The van der Waals surface area contributed by atoms with Crippen LogP contribution in [0.1, 0.15) is 52.9 Å². The van der Waals surface area contributed by atoms with Crippen LogP contribution in [0.2, 0.25) is 18.1 Å². The topological polar surface area (TPSA) is 67.3 Å². The van der Waals surface area contributed by atoms with Crippen LogP contribution in [-0.4, -0.2) is 66.0 Å². The minimum absolute atomic E-state index is 0.0261. The fourth-order valence-corrected chi connectivity index (χ4v) is 7.47. The van der Waals surface area contributed by atoms with Crippen molar-refractivity contribution >= 4 is 25.7 Å². The van der Waals surface area contributed by atoms with Crippen molar-refractivity contribution in [3.05, 3.63) is 18.7 Å². The molecule has 4 atom stereocenters. The highest BCUT2D eigenvalue weighted by atomic mass is 32.1. The van der Waals surface area contributed by atoms with Crippen LogP contribution in [0.3, 0.4) is 0 Å². The molecule has 9 heteroatoms. The highest BCUT2D eigenvalue weighted by molar-refractivity contribution is 7.80. The van der Waals surface area contributed by atoms with Gasteiger partial charge in [0.25, 0.3) is 5.17 Å². The molecule has 4 fully saturated rings. The van der Waals surface area contributed by atoms with E-state index in [2.05, 4.69) is 38.8 Å². The maximum absolute atomic E-state index is 7.01. The Morgan fingerprint density at radius 3 is 2.62 bits per heavy atom. The van der Waals surface area contributed by atoms with Crippen molar-refractivity contribution in [2.75, 3.05) is 19.8 Å². The first kappa shape index (κ1) is 22.9. The summed E-state index contributed by atoms with van der Waals surface area (Å²) in [5.74, 6) is -0.330. The minimum atomic E-state index is -2.01. The van der Waals surface area contributed by atoms with Gasteiger partial charge < -0.3 is 23.4 Å². The number of aromatic nitrogens is 2. The molecule has 2 spiro atoms. The Hall–Kier alpha value is -0.843. The Labute approximate surface area is 197 Å². The summed E-state index contributed by atoms with van der Waals surface area (Å²) in [4.78, 5) is 4.08. The fraction of sp³-hybridized carbons (Fsp3) is 0.826. The van der Waals surface area contributed by atoms with Crippen LogP contribution in [0.4, 0.5) is 0 Å². The summed E-state index contributed by atoms with van der Waals surface area (Å²) in [6, 6.07) is 0. The van der Waals surface area contributed by atoms with Gasteiger partial charge in [-0.15, -0.1) is 0 Å². The van der Waals surface area contributed by atoms with Gasteiger partial charge in [0, 0.05) is 24.7 Å². The van der Waals surface area contributed by atoms with E-state index in [1.165, 1.54) is 0 Å². The zero-order valence-corrected chi connectivity index (χ0v) is 21.7. The number of nitrogens with zero attached hydrogens (tertiary/aromatic N) is 2. The van der Waals surface area contributed by atoms with E-state index in [9.17, 15) is 0 Å². The summed E-state index contributed by atoms with van der Waals surface area (Å²) in [6.07, 6.45) is 9.94. The van der Waals surface area contributed by atoms with Gasteiger partial charge in [-0.25, -0.2) is 4.98 Å². The smallest absolute Gasteiger partial charge is 0.269 e. The van der Waals surface area contributed by atoms with E-state index in [0.29, 0.717) is 25.0 Å². The van der Waals surface area contributed by atoms with E-state index in [-0.39, 0.29) is 22.7 Å². The lowest BCUT2D eigenvalue weighted by Crippen LogP contribution is -2.61. The third-order valence-electron chi connectivity index (χ3n) is 8.59. The molecule has 5 rings (SSSR count). The Kier molecular flexibility index (Phi) is 5.43. The first-order valence-electron chi connectivity index (χ1n) is 11.9. The molecule has 2 aliphatic carbocycles. The lowest BCUT2D eigenvalue weighted by atomic mass is 9.62. The van der Waals surface area contributed by atoms with Crippen LogP contribution < -0.4 is 0 Å². The van der Waals surface area contributed by atoms with Gasteiger partial charge in [0.2, 0.25) is 0 Å². The van der Waals surface area contributed by atoms with E-state index in [1.54, 1.807) is 23.3 Å². The van der Waals surface area contributed by atoms with Crippen LogP contribution in [0.15, 0.2) is 18.7 Å². The third-order valence-corrected chi connectivity index (χ3v) is 13.4. The first-order valence-corrected chi connectivity index (χ1v) is 15.2. The summed E-state index contributed by atoms with van der Waals surface area (Å²) in [5, 5.41) is 0.500. The van der Waals surface area contributed by atoms with E-state index < -0.39 is 19.7 Å². The van der Waals surface area contributed by atoms with E-state index in [0.717, 1.165) is 32.1 Å². The highest BCUT2D eigenvalue weighted by Gasteiger charge is 2.83. The third kappa shape index (κ3) is 3.34. The molecule has 7 nitrogen and oxygen atoms in total. The number of rotatable bonds is 4. The average molecular weight is 481 g/mol. The molecular weight excluding hydrogens is 444 g/mol. The molecule has 1 aromatic rings. The maximum atomic E-state index is 7.01. The Balaban J connectivity index is 1.44. The number of hydrogen-bond donors (Lipinski definition) is 0. The van der Waals surface area contributed by atoms with Crippen LogP contribution in [0, 0.1) is 5.92 Å². The molecule has 178 valence electrons. The van der Waals surface area contributed by atoms with E-state index in [1.807, 2.05) is 0 Å². The van der Waals surface area contributed by atoms with Crippen molar-refractivity contribution in [1.29, 1.82) is 0 Å². The molecule has 0 radical (unpaired) electrons. The number of ether oxygens (including phenoxy) is 4. The molecule has 1 aromatic heterocycles. The Morgan fingerprint density at radius 1 is 1.22 bits per heavy atom. The second-order valence-electron chi connectivity index (χ2n) is 11.3. The van der Waals surface area contributed by atoms with Gasteiger partial charge in [-0.3, -0.25) is 4.57 Å². The highest BCUT2D eigenvalue weighted by Crippen LogP contribution is 2.69. The molecule has 2 saturated carbocycles. The zero-order chi connectivity index (χ0) is 22.8. The van der Waals surface area contributed by atoms with Gasteiger partial charge in [-0.05, 0) is 56.0 Å². The molecule has 0 amide bonds. The predicted molar refractivity (Wildman–Crippen MR) is 126 cm³/mol. The lowest BCUT2D eigenvalue weighted by Gasteiger charge is -2.50. The van der Waals surface area contributed by atoms with Crippen LogP contribution in [0.25, 0.3) is 0 Å². The fourth-order valence-electron chi connectivity index (χ4n) is 5.93. The molecule has 0 bridgehead atoms. The van der Waals surface area contributed by atoms with Gasteiger partial charge in [0.1, 0.15) is 18.5 Å². The van der Waals surface area contributed by atoms with Crippen molar-refractivity contribution < 1.29 is 23.4 Å². The number of fused-ring (bicyclic) bond motifs is 1. The molecule has 0 aromatic carbocycles. The van der Waals surface area contributed by atoms with Crippen molar-refractivity contribution in [2.24, 2.45) is 5.92 Å². The molecule has 4 aliphatic rings. The van der Waals surface area contributed by atoms with Crippen LogP contribution in [-0.2, 0) is 23.4 Å². The van der Waals surface area contributed by atoms with Gasteiger partial charge in [0.05, 0.1) is 19.3 Å². The maximum Gasteiger partial charge on any atom is 0.269 e. The van der Waals surface area contributed by atoms with Crippen molar-refractivity contribution in [2.45, 2.75) is 94.1 Å². The Bertz CT molecular complexity index is 866. The van der Waals surface area contributed by atoms with Crippen molar-refractivity contribution in [3.63, 3.8) is 0 Å². The van der Waals surface area contributed by atoms with Crippen LogP contribution in [0.5, 0.6) is 0 Å². The summed E-state index contributed by atoms with van der Waals surface area (Å²) >= 11 is 5.53. The van der Waals surface area contributed by atoms with E-state index >= 15 is 0 Å². The van der Waals surface area contributed by atoms with Crippen LogP contribution >= 0.6 is 12.2 Å². The van der Waals surface area contributed by atoms with Crippen molar-refractivity contribution in [1.82, 2.24) is 9.55 Å². The minimum Gasteiger partial charge on any atom is -0.467 e. The van der Waals surface area contributed by atoms with Gasteiger partial charge in [-0.2, -0.15) is 0 Å². The van der Waals surface area contributed by atoms with Gasteiger partial charge >= 0.3 is 0 Å². The quantitative estimate of drug-likeness (QED) is 0.362. The number of hydrogen-bond acceptors (Lipinski definition) is 7. The molecule has 3 heterocycles. The second-order valence-corrected chi connectivity index (χ2v) is 16.4. The number of imidazole rings is 1. The molecule has 2 aliphatic heterocycles. The first-order chi connectivity index (χ1) is 15.1.